The van der Waals surface area contributed by atoms with Gasteiger partial charge in [0.1, 0.15) is 11.6 Å². The predicted molar refractivity (Wildman–Crippen MR) is 50.2 cm³/mol. The molecule has 0 aliphatic carbocycles. The first-order chi connectivity index (χ1) is 6.16. The molecule has 13 heavy (non-hydrogen) atoms. The summed E-state index contributed by atoms with van der Waals surface area (Å²) in [5, 5.41) is 12.5. The number of hydrogen-bond donors (Lipinski definition) is 2. The maximum Gasteiger partial charge on any atom is 0.131 e. The second-order valence-electron chi connectivity index (χ2n) is 2.95. The van der Waals surface area contributed by atoms with Crippen LogP contribution in [0.3, 0.4) is 0 Å². The minimum absolute atomic E-state index is 0.00782. The number of aromatic hydroxyl groups is 1. The first-order valence-electron chi connectivity index (χ1n) is 4.37. The lowest BCUT2D eigenvalue weighted by atomic mass is 10.1. The molecule has 0 aliphatic heterocycles. The van der Waals surface area contributed by atoms with E-state index in [1.807, 2.05) is 13.8 Å². The molecule has 1 rings (SSSR count). The summed E-state index contributed by atoms with van der Waals surface area (Å²) in [6, 6.07) is 4.17. The van der Waals surface area contributed by atoms with E-state index in [0.29, 0.717) is 5.56 Å². The van der Waals surface area contributed by atoms with Crippen LogP contribution in [0.25, 0.3) is 0 Å². The molecule has 0 radical (unpaired) electrons. The van der Waals surface area contributed by atoms with Gasteiger partial charge in [-0.2, -0.15) is 0 Å². The summed E-state index contributed by atoms with van der Waals surface area (Å²) in [6.45, 7) is 4.50. The number of nitrogens with one attached hydrogen (secondary N) is 1. The van der Waals surface area contributed by atoms with E-state index in [-0.39, 0.29) is 17.6 Å². The van der Waals surface area contributed by atoms with E-state index in [1.54, 1.807) is 0 Å². The third-order valence-corrected chi connectivity index (χ3v) is 1.97. The highest BCUT2D eigenvalue weighted by molar-refractivity contribution is 5.35. The maximum absolute atomic E-state index is 13.2. The average molecular weight is 183 g/mol. The van der Waals surface area contributed by atoms with Crippen molar-refractivity contribution in [1.82, 2.24) is 5.32 Å². The zero-order chi connectivity index (χ0) is 9.84. The van der Waals surface area contributed by atoms with Crippen LogP contribution >= 0.6 is 0 Å². The average Bonchev–Trinajstić information content (AvgIpc) is 2.04. The van der Waals surface area contributed by atoms with Crippen LogP contribution in [0.1, 0.15) is 25.5 Å². The summed E-state index contributed by atoms with van der Waals surface area (Å²) < 4.78 is 13.2. The van der Waals surface area contributed by atoms with Crippen molar-refractivity contribution in [2.45, 2.75) is 19.9 Å². The smallest absolute Gasteiger partial charge is 0.131 e. The molecule has 0 aliphatic rings. The monoisotopic (exact) mass is 183 g/mol. The molecule has 0 aromatic heterocycles. The van der Waals surface area contributed by atoms with Crippen LogP contribution in [-0.4, -0.2) is 11.7 Å². The molecule has 0 spiro atoms. The number of hydrogen-bond acceptors (Lipinski definition) is 2. The van der Waals surface area contributed by atoms with Gasteiger partial charge in [-0.3, -0.25) is 0 Å². The molecule has 1 atom stereocenters. The molecular weight excluding hydrogens is 169 g/mol. The lowest BCUT2D eigenvalue weighted by molar-refractivity contribution is 0.440. The Labute approximate surface area is 77.4 Å². The fourth-order valence-electron chi connectivity index (χ4n) is 1.36. The second-order valence-corrected chi connectivity index (χ2v) is 2.95. The van der Waals surface area contributed by atoms with E-state index in [2.05, 4.69) is 5.32 Å². The molecule has 1 aromatic carbocycles. The van der Waals surface area contributed by atoms with Gasteiger partial charge in [-0.1, -0.05) is 13.0 Å². The summed E-state index contributed by atoms with van der Waals surface area (Å²) in [5.74, 6) is -0.359. The van der Waals surface area contributed by atoms with Crippen LogP contribution in [0.5, 0.6) is 5.75 Å². The molecule has 1 unspecified atom stereocenters. The van der Waals surface area contributed by atoms with Gasteiger partial charge in [-0.25, -0.2) is 4.39 Å². The Morgan fingerprint density at radius 2 is 2.23 bits per heavy atom. The Kier molecular flexibility index (Phi) is 3.25. The van der Waals surface area contributed by atoms with Crippen LogP contribution < -0.4 is 5.32 Å². The van der Waals surface area contributed by atoms with Gasteiger partial charge in [0.2, 0.25) is 0 Å². The van der Waals surface area contributed by atoms with Crippen molar-refractivity contribution in [2.24, 2.45) is 0 Å². The normalized spacial score (nSPS) is 12.8. The highest BCUT2D eigenvalue weighted by Gasteiger charge is 2.13. The number of halogens is 1. The SMILES string of the molecule is CCNC(C)c1c(O)cccc1F. The second kappa shape index (κ2) is 4.23. The molecule has 0 bridgehead atoms. The Hall–Kier alpha value is -1.09. The molecule has 72 valence electrons. The summed E-state index contributed by atoms with van der Waals surface area (Å²) in [5.41, 5.74) is 0.337. The Morgan fingerprint density at radius 1 is 1.54 bits per heavy atom. The lowest BCUT2D eigenvalue weighted by Crippen LogP contribution is -2.18. The van der Waals surface area contributed by atoms with Gasteiger partial charge in [0.15, 0.2) is 0 Å². The van der Waals surface area contributed by atoms with E-state index in [1.165, 1.54) is 18.2 Å². The molecule has 3 heteroatoms. The Bertz CT molecular complexity index is 268. The van der Waals surface area contributed by atoms with Crippen LogP contribution in [0.15, 0.2) is 18.2 Å². The molecule has 0 heterocycles. The van der Waals surface area contributed by atoms with Crippen molar-refractivity contribution in [2.75, 3.05) is 6.54 Å². The minimum atomic E-state index is -0.367. The molecule has 0 amide bonds. The van der Waals surface area contributed by atoms with Crippen molar-refractivity contribution < 1.29 is 9.50 Å². The standard InChI is InChI=1S/C10H14FNO/c1-3-12-7(2)10-8(11)5-4-6-9(10)13/h4-7,12-13H,3H2,1-2H3. The fourth-order valence-corrected chi connectivity index (χ4v) is 1.36. The molecule has 0 fully saturated rings. The number of phenolic OH excluding ortho intramolecular Hbond substituents is 1. The first kappa shape index (κ1) is 9.99. The summed E-state index contributed by atoms with van der Waals surface area (Å²) in [7, 11) is 0. The summed E-state index contributed by atoms with van der Waals surface area (Å²) in [6.07, 6.45) is 0. The first-order valence-corrected chi connectivity index (χ1v) is 4.37. The van der Waals surface area contributed by atoms with Gasteiger partial charge in [-0.15, -0.1) is 0 Å². The fraction of sp³-hybridized carbons (Fsp3) is 0.400. The van der Waals surface area contributed by atoms with Gasteiger partial charge in [-0.05, 0) is 25.6 Å². The van der Waals surface area contributed by atoms with Crippen LogP contribution in [0.4, 0.5) is 4.39 Å². The van der Waals surface area contributed by atoms with E-state index in [4.69, 9.17) is 0 Å². The van der Waals surface area contributed by atoms with Gasteiger partial charge in [0, 0.05) is 11.6 Å². The molecule has 1 aromatic rings. The van der Waals surface area contributed by atoms with Crippen molar-refractivity contribution in [3.8, 4) is 5.75 Å². The minimum Gasteiger partial charge on any atom is -0.508 e. The quantitative estimate of drug-likeness (QED) is 0.753. The highest BCUT2D eigenvalue weighted by atomic mass is 19.1. The Morgan fingerprint density at radius 3 is 2.77 bits per heavy atom. The van der Waals surface area contributed by atoms with Crippen LogP contribution in [0, 0.1) is 5.82 Å². The summed E-state index contributed by atoms with van der Waals surface area (Å²) >= 11 is 0. The number of benzene rings is 1. The molecule has 2 N–H and O–H groups in total. The van der Waals surface area contributed by atoms with Crippen LogP contribution in [0.2, 0.25) is 0 Å². The molecule has 2 nitrogen and oxygen atoms in total. The Balaban J connectivity index is 2.98. The zero-order valence-corrected chi connectivity index (χ0v) is 7.84. The lowest BCUT2D eigenvalue weighted by Gasteiger charge is -2.14. The number of rotatable bonds is 3. The maximum atomic E-state index is 13.2. The van der Waals surface area contributed by atoms with E-state index >= 15 is 0 Å². The van der Waals surface area contributed by atoms with Gasteiger partial charge in [0.05, 0.1) is 0 Å². The largest absolute Gasteiger partial charge is 0.508 e. The van der Waals surface area contributed by atoms with Crippen molar-refractivity contribution >= 4 is 0 Å². The zero-order valence-electron chi connectivity index (χ0n) is 7.84. The number of phenols is 1. The third-order valence-electron chi connectivity index (χ3n) is 1.97. The predicted octanol–water partition coefficient (Wildman–Crippen LogP) is 2.20. The molecule has 0 saturated heterocycles. The van der Waals surface area contributed by atoms with Gasteiger partial charge >= 0.3 is 0 Å². The summed E-state index contributed by atoms with van der Waals surface area (Å²) in [4.78, 5) is 0. The van der Waals surface area contributed by atoms with Gasteiger partial charge < -0.3 is 10.4 Å². The van der Waals surface area contributed by atoms with Crippen molar-refractivity contribution in [3.63, 3.8) is 0 Å². The van der Waals surface area contributed by atoms with E-state index < -0.39 is 0 Å². The third kappa shape index (κ3) is 2.18. The van der Waals surface area contributed by atoms with Crippen molar-refractivity contribution in [1.29, 1.82) is 0 Å². The van der Waals surface area contributed by atoms with E-state index in [9.17, 15) is 9.50 Å². The molecule has 0 saturated carbocycles. The van der Waals surface area contributed by atoms with Gasteiger partial charge in [0.25, 0.3) is 0 Å². The van der Waals surface area contributed by atoms with E-state index in [0.717, 1.165) is 6.54 Å². The highest BCUT2D eigenvalue weighted by Crippen LogP contribution is 2.26. The topological polar surface area (TPSA) is 32.3 Å². The molecular formula is C10H14FNO. The van der Waals surface area contributed by atoms with Crippen LogP contribution in [-0.2, 0) is 0 Å². The van der Waals surface area contributed by atoms with Crippen molar-refractivity contribution in [3.05, 3.63) is 29.6 Å².